The first-order valence-corrected chi connectivity index (χ1v) is 13.1. The number of allylic oxidation sites excluding steroid dienone is 4. The molecule has 0 aromatic heterocycles. The molecule has 0 aromatic rings. The fraction of sp³-hybridized carbons (Fsp3) is 0.636. The van der Waals surface area contributed by atoms with Crippen molar-refractivity contribution in [1.82, 2.24) is 0 Å². The van der Waals surface area contributed by atoms with Gasteiger partial charge in [-0.15, -0.1) is 0 Å². The van der Waals surface area contributed by atoms with Crippen LogP contribution in [0.2, 0.25) is 39.3 Å². The first-order valence-electron chi connectivity index (χ1n) is 5.30. The summed E-state index contributed by atoms with van der Waals surface area (Å²) >= 11 is 2.35. The van der Waals surface area contributed by atoms with Crippen LogP contribution in [0.3, 0.4) is 0 Å². The summed E-state index contributed by atoms with van der Waals surface area (Å²) in [7, 11) is -2.14. The normalized spacial score (nSPS) is 15.6. The Bertz CT molecular complexity index is 294. The van der Waals surface area contributed by atoms with Gasteiger partial charge in [-0.2, -0.15) is 0 Å². The number of halogens is 3. The Hall–Kier alpha value is 1.50. The SMILES string of the molecule is C[Si](C)(C)C1=CCC([Si](C)(C)C)=[C]1[Ti+3].[Cl-].[Cl-].[Cl-]. The van der Waals surface area contributed by atoms with Gasteiger partial charge in [-0.1, -0.05) is 0 Å². The molecule has 0 amide bonds. The van der Waals surface area contributed by atoms with E-state index in [0.717, 1.165) is 0 Å². The van der Waals surface area contributed by atoms with Crippen molar-refractivity contribution in [2.24, 2.45) is 0 Å². The topological polar surface area (TPSA) is 0 Å². The summed E-state index contributed by atoms with van der Waals surface area (Å²) in [6, 6.07) is 0. The van der Waals surface area contributed by atoms with Gasteiger partial charge in [0, 0.05) is 0 Å². The largest absolute Gasteiger partial charge is 1.00 e. The van der Waals surface area contributed by atoms with Crippen LogP contribution in [-0.2, 0) is 20.4 Å². The molecule has 0 aliphatic heterocycles. The summed E-state index contributed by atoms with van der Waals surface area (Å²) in [5.74, 6) is 0. The second kappa shape index (κ2) is 7.94. The molecule has 1 aliphatic rings. The fourth-order valence-electron chi connectivity index (χ4n) is 1.93. The summed E-state index contributed by atoms with van der Waals surface area (Å²) in [6.07, 6.45) is 3.76. The predicted molar refractivity (Wildman–Crippen MR) is 66.4 cm³/mol. The Balaban J connectivity index is -0.000000653. The van der Waals surface area contributed by atoms with Gasteiger partial charge >= 0.3 is 103 Å². The molecule has 0 spiro atoms. The van der Waals surface area contributed by atoms with Crippen LogP contribution in [0.5, 0.6) is 0 Å². The van der Waals surface area contributed by atoms with Gasteiger partial charge < -0.3 is 37.2 Å². The summed E-state index contributed by atoms with van der Waals surface area (Å²) < 4.78 is 1.66. The minimum atomic E-state index is -1.08. The smallest absolute Gasteiger partial charge is 1.00 e. The van der Waals surface area contributed by atoms with Gasteiger partial charge in [-0.25, -0.2) is 0 Å². The van der Waals surface area contributed by atoms with Gasteiger partial charge in [0.2, 0.25) is 0 Å². The Morgan fingerprint density at radius 1 is 0.882 bits per heavy atom. The van der Waals surface area contributed by atoms with E-state index in [0.29, 0.717) is 0 Å². The third kappa shape index (κ3) is 5.99. The van der Waals surface area contributed by atoms with Crippen molar-refractivity contribution in [2.45, 2.75) is 45.7 Å². The maximum Gasteiger partial charge on any atom is -1.00 e. The van der Waals surface area contributed by atoms with E-state index in [1.165, 1.54) is 6.42 Å². The van der Waals surface area contributed by atoms with Gasteiger partial charge in [-0.3, -0.25) is 0 Å². The van der Waals surface area contributed by atoms with Crippen molar-refractivity contribution in [1.29, 1.82) is 0 Å². The van der Waals surface area contributed by atoms with E-state index in [4.69, 9.17) is 0 Å². The second-order valence-electron chi connectivity index (χ2n) is 6.18. The van der Waals surface area contributed by atoms with Crippen LogP contribution in [-0.4, -0.2) is 16.1 Å². The molecule has 0 saturated carbocycles. The van der Waals surface area contributed by atoms with Crippen LogP contribution in [0.1, 0.15) is 6.42 Å². The minimum absolute atomic E-state index is 0. The van der Waals surface area contributed by atoms with Crippen LogP contribution >= 0.6 is 0 Å². The van der Waals surface area contributed by atoms with Gasteiger partial charge in [-0.05, 0) is 0 Å². The van der Waals surface area contributed by atoms with Crippen LogP contribution in [0, 0.1) is 0 Å². The molecule has 0 heterocycles. The average molecular weight is 364 g/mol. The number of hydrogen-bond acceptors (Lipinski definition) is 0. The zero-order valence-corrected chi connectivity index (χ0v) is 17.2. The Kier molecular flexibility index (Phi) is 11.0. The van der Waals surface area contributed by atoms with Crippen LogP contribution in [0.25, 0.3) is 0 Å². The Morgan fingerprint density at radius 2 is 1.29 bits per heavy atom. The van der Waals surface area contributed by atoms with E-state index in [2.05, 4.69) is 65.8 Å². The second-order valence-corrected chi connectivity index (χ2v) is 17.1. The van der Waals surface area contributed by atoms with Gasteiger partial charge in [0.25, 0.3) is 0 Å². The molecular formula is C11H21Cl3Si2Ti. The van der Waals surface area contributed by atoms with Crippen LogP contribution in [0.4, 0.5) is 0 Å². The summed E-state index contributed by atoms with van der Waals surface area (Å²) in [5, 5.41) is 3.50. The molecule has 98 valence electrons. The molecule has 0 fully saturated rings. The average Bonchev–Trinajstić information content (AvgIpc) is 2.26. The van der Waals surface area contributed by atoms with E-state index in [-0.39, 0.29) is 37.2 Å². The zero-order chi connectivity index (χ0) is 11.1. The molecule has 1 aliphatic carbocycles. The molecule has 17 heavy (non-hydrogen) atoms. The van der Waals surface area contributed by atoms with E-state index in [1.54, 1.807) is 14.3 Å². The molecule has 0 atom stereocenters. The van der Waals surface area contributed by atoms with Crippen molar-refractivity contribution >= 4 is 16.1 Å². The molecule has 0 saturated heterocycles. The maximum atomic E-state index is 2.51. The molecule has 1 rings (SSSR count). The van der Waals surface area contributed by atoms with Crippen molar-refractivity contribution in [3.8, 4) is 0 Å². The van der Waals surface area contributed by atoms with E-state index < -0.39 is 16.1 Å². The molecule has 0 unspecified atom stereocenters. The quantitative estimate of drug-likeness (QED) is 0.431. The molecule has 0 nitrogen and oxygen atoms in total. The fourth-order valence-corrected chi connectivity index (χ4v) is 9.10. The standard InChI is InChI=1S/C11H21Si2.3ClH.Ti/c1-12(2,3)10-7-8-11(9-10)13(4,5)6;;;;/h7H,8H2,1-6H3;3*1H;/q;;;;+3/p-3. The predicted octanol–water partition coefficient (Wildman–Crippen LogP) is -5.12. The third-order valence-corrected chi connectivity index (χ3v) is 8.80. The minimum Gasteiger partial charge on any atom is -1.00 e. The molecule has 0 N–H and O–H groups in total. The van der Waals surface area contributed by atoms with Crippen molar-refractivity contribution < 1.29 is 57.7 Å². The molecule has 0 bridgehead atoms. The molecule has 6 heteroatoms. The number of hydrogen-bond donors (Lipinski definition) is 0. The Labute approximate surface area is 139 Å². The first-order chi connectivity index (χ1) is 6.14. The monoisotopic (exact) mass is 362 g/mol. The van der Waals surface area contributed by atoms with E-state index >= 15 is 0 Å². The molecule has 0 radical (unpaired) electrons. The molecular weight excluding hydrogens is 343 g/mol. The maximum absolute atomic E-state index is 2.51. The van der Waals surface area contributed by atoms with Crippen LogP contribution < -0.4 is 37.2 Å². The summed E-state index contributed by atoms with van der Waals surface area (Å²) in [6.45, 7) is 14.8. The number of rotatable bonds is 2. The summed E-state index contributed by atoms with van der Waals surface area (Å²) in [4.78, 5) is 0. The van der Waals surface area contributed by atoms with Gasteiger partial charge in [0.15, 0.2) is 0 Å². The van der Waals surface area contributed by atoms with Crippen LogP contribution in [0.15, 0.2) is 20.3 Å². The van der Waals surface area contributed by atoms with Crippen molar-refractivity contribution in [3.63, 3.8) is 0 Å². The van der Waals surface area contributed by atoms with Gasteiger partial charge in [0.1, 0.15) is 0 Å². The zero-order valence-electron chi connectivity index (χ0n) is 11.4. The third-order valence-electron chi connectivity index (χ3n) is 2.79. The van der Waals surface area contributed by atoms with Crippen molar-refractivity contribution in [2.75, 3.05) is 0 Å². The molecule has 0 aromatic carbocycles. The van der Waals surface area contributed by atoms with Gasteiger partial charge in [0.05, 0.1) is 0 Å². The first kappa shape index (κ1) is 23.6. The summed E-state index contributed by atoms with van der Waals surface area (Å²) in [5.41, 5.74) is 0. The van der Waals surface area contributed by atoms with Crippen molar-refractivity contribution in [3.05, 3.63) is 20.3 Å². The Morgan fingerprint density at radius 3 is 1.47 bits per heavy atom. The van der Waals surface area contributed by atoms with E-state index in [9.17, 15) is 0 Å². The van der Waals surface area contributed by atoms with E-state index in [1.807, 2.05) is 0 Å².